The van der Waals surface area contributed by atoms with Gasteiger partial charge in [0.2, 0.25) is 0 Å². The summed E-state index contributed by atoms with van der Waals surface area (Å²) >= 11 is 0. The van der Waals surface area contributed by atoms with Gasteiger partial charge < -0.3 is 5.32 Å². The van der Waals surface area contributed by atoms with Crippen LogP contribution in [0, 0.1) is 5.92 Å². The van der Waals surface area contributed by atoms with Crippen molar-refractivity contribution in [3.63, 3.8) is 0 Å². The van der Waals surface area contributed by atoms with Gasteiger partial charge in [0.15, 0.2) is 0 Å². The predicted octanol–water partition coefficient (Wildman–Crippen LogP) is 2.49. The summed E-state index contributed by atoms with van der Waals surface area (Å²) < 4.78 is 0. The monoisotopic (exact) mass is 212 g/mol. The molecule has 0 spiro atoms. The van der Waals surface area contributed by atoms with Gasteiger partial charge in [0.1, 0.15) is 0 Å². The number of hydrogen-bond acceptors (Lipinski definition) is 2. The van der Waals surface area contributed by atoms with Gasteiger partial charge in [-0.3, -0.25) is 4.90 Å². The summed E-state index contributed by atoms with van der Waals surface area (Å²) in [6.07, 6.45) is 2.73. The lowest BCUT2D eigenvalue weighted by atomic mass is 10.0. The second-order valence-electron chi connectivity index (χ2n) is 6.03. The third kappa shape index (κ3) is 4.12. The zero-order chi connectivity index (χ0) is 11.5. The summed E-state index contributed by atoms with van der Waals surface area (Å²) in [5.74, 6) is 0.754. The molecule has 0 aliphatic carbocycles. The molecule has 0 aromatic carbocycles. The normalized spacial score (nSPS) is 23.6. The van der Waals surface area contributed by atoms with Crippen LogP contribution in [0.1, 0.15) is 47.5 Å². The molecular formula is C13H28N2. The van der Waals surface area contributed by atoms with Crippen molar-refractivity contribution in [1.29, 1.82) is 0 Å². The standard InChI is InChI=1S/C13H28N2/c1-11(2)14-9-12(3)10-15-8-6-7-13(15,4)5/h11-12,14H,6-10H2,1-5H3. The number of nitrogens with zero attached hydrogens (tertiary/aromatic N) is 1. The van der Waals surface area contributed by atoms with Crippen molar-refractivity contribution in [2.24, 2.45) is 5.92 Å². The SMILES string of the molecule is CC(CNC(C)C)CN1CCCC1(C)C. The van der Waals surface area contributed by atoms with Crippen molar-refractivity contribution < 1.29 is 0 Å². The fourth-order valence-electron chi connectivity index (χ4n) is 2.38. The Hall–Kier alpha value is -0.0800. The quantitative estimate of drug-likeness (QED) is 0.753. The Morgan fingerprint density at radius 1 is 1.27 bits per heavy atom. The molecule has 15 heavy (non-hydrogen) atoms. The Bertz CT molecular complexity index is 187. The first kappa shape index (κ1) is 13.0. The van der Waals surface area contributed by atoms with E-state index in [2.05, 4.69) is 44.8 Å². The van der Waals surface area contributed by atoms with Crippen LogP contribution in [0.15, 0.2) is 0 Å². The topological polar surface area (TPSA) is 15.3 Å². The van der Waals surface area contributed by atoms with E-state index in [1.165, 1.54) is 25.9 Å². The Labute approximate surface area is 95.4 Å². The zero-order valence-electron chi connectivity index (χ0n) is 11.1. The zero-order valence-corrected chi connectivity index (χ0v) is 11.1. The molecule has 1 saturated heterocycles. The number of hydrogen-bond donors (Lipinski definition) is 1. The lowest BCUT2D eigenvalue weighted by Crippen LogP contribution is -2.43. The highest BCUT2D eigenvalue weighted by molar-refractivity contribution is 4.88. The molecular weight excluding hydrogens is 184 g/mol. The van der Waals surface area contributed by atoms with E-state index in [-0.39, 0.29) is 0 Å². The fourth-order valence-corrected chi connectivity index (χ4v) is 2.38. The van der Waals surface area contributed by atoms with Crippen molar-refractivity contribution in [3.05, 3.63) is 0 Å². The van der Waals surface area contributed by atoms with E-state index in [0.29, 0.717) is 11.6 Å². The van der Waals surface area contributed by atoms with E-state index in [9.17, 15) is 0 Å². The van der Waals surface area contributed by atoms with Gasteiger partial charge in [-0.15, -0.1) is 0 Å². The first-order valence-electron chi connectivity index (χ1n) is 6.40. The van der Waals surface area contributed by atoms with E-state index in [1.54, 1.807) is 0 Å². The van der Waals surface area contributed by atoms with Crippen LogP contribution in [0.3, 0.4) is 0 Å². The predicted molar refractivity (Wildman–Crippen MR) is 67.2 cm³/mol. The molecule has 90 valence electrons. The van der Waals surface area contributed by atoms with Crippen LogP contribution in [0.4, 0.5) is 0 Å². The number of likely N-dealkylation sites (tertiary alicyclic amines) is 1. The molecule has 0 radical (unpaired) electrons. The maximum Gasteiger partial charge on any atom is 0.0153 e. The molecule has 1 fully saturated rings. The molecule has 0 aromatic rings. The van der Waals surface area contributed by atoms with Crippen molar-refractivity contribution in [2.45, 2.75) is 59.0 Å². The van der Waals surface area contributed by atoms with Gasteiger partial charge in [0.25, 0.3) is 0 Å². The van der Waals surface area contributed by atoms with E-state index >= 15 is 0 Å². The number of nitrogens with one attached hydrogen (secondary N) is 1. The second kappa shape index (κ2) is 5.31. The second-order valence-corrected chi connectivity index (χ2v) is 6.03. The third-order valence-corrected chi connectivity index (χ3v) is 3.48. The maximum absolute atomic E-state index is 3.52. The molecule has 1 N–H and O–H groups in total. The fraction of sp³-hybridized carbons (Fsp3) is 1.00. The van der Waals surface area contributed by atoms with Gasteiger partial charge in [-0.05, 0) is 45.7 Å². The summed E-state index contributed by atoms with van der Waals surface area (Å²) in [4.78, 5) is 2.65. The van der Waals surface area contributed by atoms with Gasteiger partial charge >= 0.3 is 0 Å². The Kier molecular flexibility index (Phi) is 4.60. The molecule has 1 heterocycles. The maximum atomic E-state index is 3.52. The summed E-state index contributed by atoms with van der Waals surface area (Å²) in [5.41, 5.74) is 0.437. The van der Waals surface area contributed by atoms with E-state index in [1.807, 2.05) is 0 Å². The molecule has 0 aromatic heterocycles. The van der Waals surface area contributed by atoms with Crippen LogP contribution < -0.4 is 5.32 Å². The molecule has 1 atom stereocenters. The first-order valence-corrected chi connectivity index (χ1v) is 6.40. The highest BCUT2D eigenvalue weighted by Gasteiger charge is 2.32. The third-order valence-electron chi connectivity index (χ3n) is 3.48. The van der Waals surface area contributed by atoms with Crippen molar-refractivity contribution in [3.8, 4) is 0 Å². The van der Waals surface area contributed by atoms with Crippen LogP contribution in [-0.2, 0) is 0 Å². The molecule has 1 unspecified atom stereocenters. The van der Waals surface area contributed by atoms with E-state index in [0.717, 1.165) is 12.5 Å². The highest BCUT2D eigenvalue weighted by atomic mass is 15.2. The highest BCUT2D eigenvalue weighted by Crippen LogP contribution is 2.28. The van der Waals surface area contributed by atoms with Crippen LogP contribution >= 0.6 is 0 Å². The molecule has 2 heteroatoms. The minimum Gasteiger partial charge on any atom is -0.314 e. The summed E-state index contributed by atoms with van der Waals surface area (Å²) in [6, 6.07) is 0.610. The molecule has 0 bridgehead atoms. The van der Waals surface area contributed by atoms with Crippen LogP contribution in [0.25, 0.3) is 0 Å². The number of rotatable bonds is 5. The van der Waals surface area contributed by atoms with Crippen molar-refractivity contribution in [2.75, 3.05) is 19.6 Å². The average molecular weight is 212 g/mol. The van der Waals surface area contributed by atoms with Gasteiger partial charge in [-0.1, -0.05) is 20.8 Å². The molecule has 2 nitrogen and oxygen atoms in total. The Balaban J connectivity index is 2.28. The van der Waals surface area contributed by atoms with Gasteiger partial charge in [0, 0.05) is 18.1 Å². The lowest BCUT2D eigenvalue weighted by molar-refractivity contribution is 0.150. The van der Waals surface area contributed by atoms with Gasteiger partial charge in [-0.2, -0.15) is 0 Å². The average Bonchev–Trinajstić information content (AvgIpc) is 2.43. The lowest BCUT2D eigenvalue weighted by Gasteiger charge is -2.33. The van der Waals surface area contributed by atoms with E-state index in [4.69, 9.17) is 0 Å². The molecule has 1 aliphatic heterocycles. The van der Waals surface area contributed by atoms with Gasteiger partial charge in [-0.25, -0.2) is 0 Å². The van der Waals surface area contributed by atoms with E-state index < -0.39 is 0 Å². The summed E-state index contributed by atoms with van der Waals surface area (Å²) in [6.45, 7) is 15.2. The van der Waals surface area contributed by atoms with Crippen LogP contribution in [0.2, 0.25) is 0 Å². The van der Waals surface area contributed by atoms with Crippen molar-refractivity contribution in [1.82, 2.24) is 10.2 Å². The smallest absolute Gasteiger partial charge is 0.0153 e. The molecule has 0 saturated carbocycles. The largest absolute Gasteiger partial charge is 0.314 e. The summed E-state index contributed by atoms with van der Waals surface area (Å²) in [5, 5.41) is 3.52. The Morgan fingerprint density at radius 3 is 2.40 bits per heavy atom. The van der Waals surface area contributed by atoms with Crippen molar-refractivity contribution >= 4 is 0 Å². The molecule has 0 amide bonds. The minimum absolute atomic E-state index is 0.437. The van der Waals surface area contributed by atoms with Gasteiger partial charge in [0.05, 0.1) is 0 Å². The molecule has 1 aliphatic rings. The molecule has 1 rings (SSSR count). The summed E-state index contributed by atoms with van der Waals surface area (Å²) in [7, 11) is 0. The minimum atomic E-state index is 0.437. The Morgan fingerprint density at radius 2 is 1.93 bits per heavy atom. The van der Waals surface area contributed by atoms with Crippen LogP contribution in [-0.4, -0.2) is 36.1 Å². The van der Waals surface area contributed by atoms with Crippen LogP contribution in [0.5, 0.6) is 0 Å². The first-order chi connectivity index (χ1) is 6.92.